The summed E-state index contributed by atoms with van der Waals surface area (Å²) in [5, 5.41) is 8.96. The molecule has 9 nitrogen and oxygen atoms in total. The van der Waals surface area contributed by atoms with Crippen LogP contribution in [0.4, 0.5) is 4.39 Å². The number of nitrogens with zero attached hydrogens (tertiary/aromatic N) is 5. The van der Waals surface area contributed by atoms with Crippen LogP contribution in [0.1, 0.15) is 66.1 Å². The Kier molecular flexibility index (Phi) is 9.88. The largest absolute Gasteiger partial charge is 0.473 e. The number of imidazole rings is 1. The van der Waals surface area contributed by atoms with E-state index in [0.717, 1.165) is 48.7 Å². The van der Waals surface area contributed by atoms with Crippen LogP contribution < -0.4 is 4.74 Å². The second-order valence-electron chi connectivity index (χ2n) is 11.0. The number of aromatic nitrogens is 3. The van der Waals surface area contributed by atoms with E-state index in [9.17, 15) is 9.18 Å². The zero-order chi connectivity index (χ0) is 31.2. The summed E-state index contributed by atoms with van der Waals surface area (Å²) in [6, 6.07) is 17.5. The van der Waals surface area contributed by atoms with E-state index in [2.05, 4.69) is 16.4 Å². The normalized spacial score (nSPS) is 19.5. The van der Waals surface area contributed by atoms with Crippen LogP contribution in [-0.2, 0) is 29.2 Å². The molecule has 0 spiro atoms. The summed E-state index contributed by atoms with van der Waals surface area (Å²) in [5.41, 5.74) is 3.81. The van der Waals surface area contributed by atoms with Crippen molar-refractivity contribution >= 4 is 17.0 Å². The molecule has 0 N–H and O–H groups in total. The summed E-state index contributed by atoms with van der Waals surface area (Å²) >= 11 is 0. The average Bonchev–Trinajstić information content (AvgIpc) is 3.57. The highest BCUT2D eigenvalue weighted by molar-refractivity contribution is 5.93. The number of pyridine rings is 1. The monoisotopic (exact) mass is 599 g/mol. The first-order chi connectivity index (χ1) is 21.4. The van der Waals surface area contributed by atoms with Crippen LogP contribution in [0.3, 0.4) is 0 Å². The SMILES string of the molecule is CC.COC(=O)c1ccc2nc(CN3CC(C)C(c4cccc(OCc5ccc(C#N)cc5F)n4)C3)n(CC3CCO3)c2c1. The number of methoxy groups -OCH3 is 1. The minimum absolute atomic E-state index is 0.0267. The van der Waals surface area contributed by atoms with E-state index in [4.69, 9.17) is 29.4 Å². The Morgan fingerprint density at radius 2 is 1.95 bits per heavy atom. The molecule has 0 bridgehead atoms. The van der Waals surface area contributed by atoms with Crippen molar-refractivity contribution in [1.29, 1.82) is 5.26 Å². The van der Waals surface area contributed by atoms with Gasteiger partial charge in [-0.05, 0) is 48.7 Å². The number of esters is 1. The lowest BCUT2D eigenvalue weighted by molar-refractivity contribution is -0.0591. The molecule has 44 heavy (non-hydrogen) atoms. The van der Waals surface area contributed by atoms with Gasteiger partial charge in [-0.2, -0.15) is 5.26 Å². The van der Waals surface area contributed by atoms with Gasteiger partial charge in [-0.3, -0.25) is 4.90 Å². The van der Waals surface area contributed by atoms with Gasteiger partial charge in [0.2, 0.25) is 5.88 Å². The molecule has 6 rings (SSSR count). The fourth-order valence-corrected chi connectivity index (χ4v) is 5.76. The maximum Gasteiger partial charge on any atom is 0.337 e. The number of hydrogen-bond donors (Lipinski definition) is 0. The Balaban J connectivity index is 0.00000188. The van der Waals surface area contributed by atoms with E-state index in [1.165, 1.54) is 13.2 Å². The average molecular weight is 600 g/mol. The van der Waals surface area contributed by atoms with Crippen LogP contribution in [0.2, 0.25) is 0 Å². The zero-order valence-electron chi connectivity index (χ0n) is 25.6. The Bertz CT molecular complexity index is 1660. The molecule has 2 aliphatic rings. The summed E-state index contributed by atoms with van der Waals surface area (Å²) < 4.78 is 33.0. The summed E-state index contributed by atoms with van der Waals surface area (Å²) in [5.74, 6) is 1.07. The third-order valence-electron chi connectivity index (χ3n) is 8.16. The molecule has 3 unspecified atom stereocenters. The van der Waals surface area contributed by atoms with Crippen LogP contribution in [0.5, 0.6) is 5.88 Å². The molecule has 2 fully saturated rings. The van der Waals surface area contributed by atoms with Gasteiger partial charge >= 0.3 is 5.97 Å². The number of halogens is 1. The minimum atomic E-state index is -0.471. The third kappa shape index (κ3) is 6.74. The molecule has 2 aliphatic heterocycles. The number of rotatable bonds is 9. The van der Waals surface area contributed by atoms with Crippen LogP contribution in [0.25, 0.3) is 11.0 Å². The molecule has 4 aromatic rings. The van der Waals surface area contributed by atoms with Crippen LogP contribution in [0.15, 0.2) is 54.6 Å². The van der Waals surface area contributed by atoms with Gasteiger partial charge in [-0.25, -0.2) is 19.2 Å². The lowest BCUT2D eigenvalue weighted by atomic mass is 9.94. The van der Waals surface area contributed by atoms with Crippen LogP contribution >= 0.6 is 0 Å². The number of ether oxygens (including phenoxy) is 3. The van der Waals surface area contributed by atoms with E-state index in [1.54, 1.807) is 24.3 Å². The van der Waals surface area contributed by atoms with E-state index < -0.39 is 5.82 Å². The fraction of sp³-hybridized carbons (Fsp3) is 0.412. The van der Waals surface area contributed by atoms with Crippen molar-refractivity contribution in [3.63, 3.8) is 0 Å². The predicted molar refractivity (Wildman–Crippen MR) is 164 cm³/mol. The number of hydrogen-bond acceptors (Lipinski definition) is 8. The van der Waals surface area contributed by atoms with Crippen molar-refractivity contribution in [3.05, 3.63) is 88.6 Å². The van der Waals surface area contributed by atoms with Gasteiger partial charge in [0.25, 0.3) is 0 Å². The lowest BCUT2D eigenvalue weighted by Crippen LogP contribution is -2.32. The highest BCUT2D eigenvalue weighted by atomic mass is 19.1. The molecule has 2 aromatic carbocycles. The van der Waals surface area contributed by atoms with Crippen molar-refractivity contribution in [2.45, 2.75) is 58.9 Å². The van der Waals surface area contributed by atoms with Gasteiger partial charge in [0.1, 0.15) is 18.2 Å². The van der Waals surface area contributed by atoms with E-state index >= 15 is 0 Å². The number of fused-ring (bicyclic) bond motifs is 1. The molecule has 230 valence electrons. The highest BCUT2D eigenvalue weighted by Crippen LogP contribution is 2.34. The predicted octanol–water partition coefficient (Wildman–Crippen LogP) is 5.86. The van der Waals surface area contributed by atoms with Gasteiger partial charge in [-0.15, -0.1) is 0 Å². The van der Waals surface area contributed by atoms with Gasteiger partial charge < -0.3 is 18.8 Å². The number of benzene rings is 2. The molecule has 4 heterocycles. The Morgan fingerprint density at radius 3 is 2.66 bits per heavy atom. The summed E-state index contributed by atoms with van der Waals surface area (Å²) in [4.78, 5) is 24.3. The van der Waals surface area contributed by atoms with Crippen molar-refractivity contribution in [2.75, 3.05) is 26.8 Å². The summed E-state index contributed by atoms with van der Waals surface area (Å²) in [6.07, 6.45) is 1.14. The Hall–Kier alpha value is -4.33. The van der Waals surface area contributed by atoms with Gasteiger partial charge in [0, 0.05) is 42.9 Å². The van der Waals surface area contributed by atoms with E-state index in [1.807, 2.05) is 44.2 Å². The zero-order valence-corrected chi connectivity index (χ0v) is 25.6. The quantitative estimate of drug-likeness (QED) is 0.221. The molecule has 2 aromatic heterocycles. The second-order valence-corrected chi connectivity index (χ2v) is 11.0. The molecule has 0 amide bonds. The number of nitriles is 1. The van der Waals surface area contributed by atoms with Crippen LogP contribution in [-0.4, -0.2) is 58.3 Å². The molecular weight excluding hydrogens is 561 g/mol. The molecule has 0 radical (unpaired) electrons. The number of likely N-dealkylation sites (tertiary alicyclic amines) is 1. The third-order valence-corrected chi connectivity index (χ3v) is 8.16. The Morgan fingerprint density at radius 1 is 1.14 bits per heavy atom. The van der Waals surface area contributed by atoms with E-state index in [0.29, 0.717) is 36.0 Å². The number of carbonyl (C=O) groups is 1. The van der Waals surface area contributed by atoms with Gasteiger partial charge in [0.05, 0.1) is 54.5 Å². The van der Waals surface area contributed by atoms with E-state index in [-0.39, 0.29) is 30.2 Å². The maximum absolute atomic E-state index is 14.3. The summed E-state index contributed by atoms with van der Waals surface area (Å²) in [6.45, 7) is 10.0. The number of carbonyl (C=O) groups excluding carboxylic acids is 1. The fourth-order valence-electron chi connectivity index (χ4n) is 5.76. The lowest BCUT2D eigenvalue weighted by Gasteiger charge is -2.28. The Labute approximate surface area is 257 Å². The smallest absolute Gasteiger partial charge is 0.337 e. The van der Waals surface area contributed by atoms with Crippen molar-refractivity contribution in [3.8, 4) is 11.9 Å². The molecule has 0 aliphatic carbocycles. The minimum Gasteiger partial charge on any atom is -0.473 e. The second kappa shape index (κ2) is 14.0. The first kappa shape index (κ1) is 31.1. The van der Waals surface area contributed by atoms with Crippen molar-refractivity contribution < 1.29 is 23.4 Å². The first-order valence-electron chi connectivity index (χ1n) is 15.1. The maximum atomic E-state index is 14.3. The molecule has 10 heteroatoms. The van der Waals surface area contributed by atoms with Crippen molar-refractivity contribution in [2.24, 2.45) is 5.92 Å². The highest BCUT2D eigenvalue weighted by Gasteiger charge is 2.33. The van der Waals surface area contributed by atoms with Crippen molar-refractivity contribution in [1.82, 2.24) is 19.4 Å². The molecule has 0 saturated carbocycles. The van der Waals surface area contributed by atoms with Gasteiger partial charge in [-0.1, -0.05) is 32.9 Å². The standard InChI is InChI=1S/C32H32FN5O4.C2H6/c1-20-15-37(17-25(20)27-4-3-5-31(36-27)42-19-23-7-6-21(14-34)12-26(23)33)18-30-35-28-9-8-22(32(39)40-2)13-29(28)38(30)16-24-10-11-41-24;1-2/h3-9,12-13,20,24-25H,10-11,15-19H2,1-2H3;1-2H3. The first-order valence-corrected chi connectivity index (χ1v) is 15.1. The topological polar surface area (TPSA) is 102 Å². The van der Waals surface area contributed by atoms with Gasteiger partial charge in [0.15, 0.2) is 0 Å². The molecule has 3 atom stereocenters. The molecule has 2 saturated heterocycles. The molecular formula is C34H38FN5O4. The van der Waals surface area contributed by atoms with Crippen LogP contribution in [0, 0.1) is 23.1 Å². The summed E-state index contributed by atoms with van der Waals surface area (Å²) in [7, 11) is 1.38.